The van der Waals surface area contributed by atoms with Crippen LogP contribution in [-0.4, -0.2) is 32.3 Å². The van der Waals surface area contributed by atoms with E-state index in [-0.39, 0.29) is 19.1 Å². The molecule has 1 unspecified atom stereocenters. The number of morpholine rings is 1. The van der Waals surface area contributed by atoms with Crippen LogP contribution in [0.3, 0.4) is 0 Å². The van der Waals surface area contributed by atoms with Gasteiger partial charge in [0, 0.05) is 5.69 Å². The number of nitrogens with zero attached hydrogens (tertiary/aromatic N) is 2. The minimum atomic E-state index is -0.565. The van der Waals surface area contributed by atoms with Crippen LogP contribution < -0.4 is 9.64 Å². The van der Waals surface area contributed by atoms with Crippen LogP contribution in [0.25, 0.3) is 0 Å². The van der Waals surface area contributed by atoms with Crippen molar-refractivity contribution in [3.63, 3.8) is 0 Å². The van der Waals surface area contributed by atoms with Crippen LogP contribution in [0.4, 0.5) is 5.69 Å². The molecule has 2 rings (SSSR count). The fraction of sp³-hybridized carbons (Fsp3) is 0.333. The van der Waals surface area contributed by atoms with E-state index in [2.05, 4.69) is 6.07 Å². The molecule has 1 heterocycles. The molecule has 88 valence electrons. The largest absolute Gasteiger partial charge is 0.497 e. The highest BCUT2D eigenvalue weighted by molar-refractivity contribution is 5.96. The zero-order chi connectivity index (χ0) is 12.3. The van der Waals surface area contributed by atoms with Gasteiger partial charge in [0.05, 0.1) is 19.8 Å². The minimum absolute atomic E-state index is 0.0181. The quantitative estimate of drug-likeness (QED) is 0.761. The monoisotopic (exact) mass is 232 g/mol. The molecule has 0 aliphatic carbocycles. The van der Waals surface area contributed by atoms with E-state index in [0.29, 0.717) is 11.4 Å². The summed E-state index contributed by atoms with van der Waals surface area (Å²) < 4.78 is 10.1. The average molecular weight is 232 g/mol. The van der Waals surface area contributed by atoms with E-state index in [1.165, 1.54) is 4.90 Å². The van der Waals surface area contributed by atoms with Gasteiger partial charge in [0.15, 0.2) is 0 Å². The molecule has 1 amide bonds. The van der Waals surface area contributed by atoms with Gasteiger partial charge in [-0.15, -0.1) is 0 Å². The number of carbonyl (C=O) groups is 1. The standard InChI is InChI=1S/C12H12N2O3/c1-16-11-4-2-9(3-5-11)14-10(6-13)7-17-8-12(14)15/h2-5,10H,7-8H2,1H3. The first-order valence-electron chi connectivity index (χ1n) is 5.19. The summed E-state index contributed by atoms with van der Waals surface area (Å²) in [5.74, 6) is 0.510. The lowest BCUT2D eigenvalue weighted by Crippen LogP contribution is -2.48. The van der Waals surface area contributed by atoms with E-state index in [1.807, 2.05) is 0 Å². The minimum Gasteiger partial charge on any atom is -0.497 e. The molecule has 0 aromatic heterocycles. The number of hydrogen-bond acceptors (Lipinski definition) is 4. The Labute approximate surface area is 99.2 Å². The van der Waals surface area contributed by atoms with Crippen molar-refractivity contribution in [1.29, 1.82) is 5.26 Å². The summed E-state index contributed by atoms with van der Waals surface area (Å²) in [7, 11) is 1.58. The van der Waals surface area contributed by atoms with Gasteiger partial charge in [-0.3, -0.25) is 9.69 Å². The third-order valence-corrected chi connectivity index (χ3v) is 2.58. The maximum Gasteiger partial charge on any atom is 0.254 e. The van der Waals surface area contributed by atoms with Crippen molar-refractivity contribution in [3.8, 4) is 11.8 Å². The van der Waals surface area contributed by atoms with E-state index in [0.717, 1.165) is 0 Å². The van der Waals surface area contributed by atoms with Crippen LogP contribution in [-0.2, 0) is 9.53 Å². The summed E-state index contributed by atoms with van der Waals surface area (Å²) in [5.41, 5.74) is 0.686. The summed E-state index contributed by atoms with van der Waals surface area (Å²) >= 11 is 0. The number of benzene rings is 1. The van der Waals surface area contributed by atoms with Crippen LogP contribution in [0.15, 0.2) is 24.3 Å². The molecule has 1 aliphatic heterocycles. The van der Waals surface area contributed by atoms with Gasteiger partial charge in [0.2, 0.25) is 0 Å². The molecular formula is C12H12N2O3. The van der Waals surface area contributed by atoms with Gasteiger partial charge in [0.25, 0.3) is 5.91 Å². The highest BCUT2D eigenvalue weighted by Crippen LogP contribution is 2.23. The highest BCUT2D eigenvalue weighted by Gasteiger charge is 2.29. The third kappa shape index (κ3) is 2.22. The van der Waals surface area contributed by atoms with Crippen LogP contribution in [0, 0.1) is 11.3 Å². The molecule has 1 aromatic rings. The molecule has 0 bridgehead atoms. The molecule has 5 heteroatoms. The van der Waals surface area contributed by atoms with Gasteiger partial charge in [-0.2, -0.15) is 5.26 Å². The molecule has 1 aromatic carbocycles. The lowest BCUT2D eigenvalue weighted by atomic mass is 10.2. The van der Waals surface area contributed by atoms with E-state index in [9.17, 15) is 4.79 Å². The molecular weight excluding hydrogens is 220 g/mol. The molecule has 1 fully saturated rings. The van der Waals surface area contributed by atoms with Gasteiger partial charge in [-0.25, -0.2) is 0 Å². The number of ether oxygens (including phenoxy) is 2. The maximum absolute atomic E-state index is 11.7. The van der Waals surface area contributed by atoms with E-state index < -0.39 is 6.04 Å². The van der Waals surface area contributed by atoms with Crippen LogP contribution in [0.1, 0.15) is 0 Å². The van der Waals surface area contributed by atoms with Crippen molar-refractivity contribution in [1.82, 2.24) is 0 Å². The lowest BCUT2D eigenvalue weighted by molar-refractivity contribution is -0.126. The SMILES string of the molecule is COc1ccc(N2C(=O)COCC2C#N)cc1. The third-order valence-electron chi connectivity index (χ3n) is 2.58. The van der Waals surface area contributed by atoms with Crippen LogP contribution >= 0.6 is 0 Å². The predicted octanol–water partition coefficient (Wildman–Crippen LogP) is 0.951. The predicted molar refractivity (Wildman–Crippen MR) is 60.7 cm³/mol. The zero-order valence-corrected chi connectivity index (χ0v) is 9.42. The topological polar surface area (TPSA) is 62.6 Å². The Morgan fingerprint density at radius 2 is 2.18 bits per heavy atom. The lowest BCUT2D eigenvalue weighted by Gasteiger charge is -2.31. The first kappa shape index (κ1) is 11.4. The molecule has 0 spiro atoms. The Balaban J connectivity index is 2.29. The van der Waals surface area contributed by atoms with Crippen molar-refractivity contribution in [2.45, 2.75) is 6.04 Å². The second-order valence-electron chi connectivity index (χ2n) is 3.62. The van der Waals surface area contributed by atoms with Gasteiger partial charge < -0.3 is 9.47 Å². The number of nitriles is 1. The summed E-state index contributed by atoms with van der Waals surface area (Å²) in [6.45, 7) is 0.262. The molecule has 5 nitrogen and oxygen atoms in total. The highest BCUT2D eigenvalue weighted by atomic mass is 16.5. The van der Waals surface area contributed by atoms with E-state index in [4.69, 9.17) is 14.7 Å². The van der Waals surface area contributed by atoms with Gasteiger partial charge >= 0.3 is 0 Å². The Bertz CT molecular complexity index is 450. The maximum atomic E-state index is 11.7. The van der Waals surface area contributed by atoms with Crippen molar-refractivity contribution in [2.75, 3.05) is 25.2 Å². The zero-order valence-electron chi connectivity index (χ0n) is 9.42. The molecule has 1 aliphatic rings. The van der Waals surface area contributed by atoms with Crippen LogP contribution in [0.2, 0.25) is 0 Å². The fourth-order valence-electron chi connectivity index (χ4n) is 1.74. The second kappa shape index (κ2) is 4.85. The van der Waals surface area contributed by atoms with Crippen molar-refractivity contribution >= 4 is 11.6 Å². The second-order valence-corrected chi connectivity index (χ2v) is 3.62. The van der Waals surface area contributed by atoms with Crippen molar-refractivity contribution < 1.29 is 14.3 Å². The summed E-state index contributed by atoms with van der Waals surface area (Å²) in [6, 6.07) is 8.52. The van der Waals surface area contributed by atoms with E-state index in [1.54, 1.807) is 31.4 Å². The van der Waals surface area contributed by atoms with Crippen molar-refractivity contribution in [3.05, 3.63) is 24.3 Å². The Morgan fingerprint density at radius 1 is 1.47 bits per heavy atom. The van der Waals surface area contributed by atoms with Gasteiger partial charge in [-0.05, 0) is 24.3 Å². The molecule has 0 saturated carbocycles. The van der Waals surface area contributed by atoms with Gasteiger partial charge in [-0.1, -0.05) is 0 Å². The first-order valence-corrected chi connectivity index (χ1v) is 5.19. The van der Waals surface area contributed by atoms with E-state index >= 15 is 0 Å². The average Bonchev–Trinajstić information content (AvgIpc) is 2.38. The molecule has 0 radical (unpaired) electrons. The number of carbonyl (C=O) groups excluding carboxylic acids is 1. The smallest absolute Gasteiger partial charge is 0.254 e. The Kier molecular flexibility index (Phi) is 3.26. The molecule has 0 N–H and O–H groups in total. The fourth-order valence-corrected chi connectivity index (χ4v) is 1.74. The number of hydrogen-bond donors (Lipinski definition) is 0. The normalized spacial score (nSPS) is 19.9. The summed E-state index contributed by atoms with van der Waals surface area (Å²) in [6.07, 6.45) is 0. The number of rotatable bonds is 2. The summed E-state index contributed by atoms with van der Waals surface area (Å²) in [5, 5.41) is 8.99. The number of amides is 1. The molecule has 17 heavy (non-hydrogen) atoms. The molecule has 1 saturated heterocycles. The molecule has 1 atom stereocenters. The van der Waals surface area contributed by atoms with Crippen LogP contribution in [0.5, 0.6) is 5.75 Å². The van der Waals surface area contributed by atoms with Crippen molar-refractivity contribution in [2.24, 2.45) is 0 Å². The van der Waals surface area contributed by atoms with Gasteiger partial charge in [0.1, 0.15) is 18.4 Å². The summed E-state index contributed by atoms with van der Waals surface area (Å²) in [4.78, 5) is 13.2. The Hall–Kier alpha value is -2.06. The first-order chi connectivity index (χ1) is 8.26. The number of methoxy groups -OCH3 is 1. The number of anilines is 1. The Morgan fingerprint density at radius 3 is 2.76 bits per heavy atom.